The van der Waals surface area contributed by atoms with Gasteiger partial charge in [0.05, 0.1) is 11.1 Å². The molecule has 58 valence electrons. The molecular formula is C8H13BrO. The third-order valence-corrected chi connectivity index (χ3v) is 2.94. The smallest absolute Gasteiger partial charge is 0.110 e. The van der Waals surface area contributed by atoms with Gasteiger partial charge < -0.3 is 4.74 Å². The molecule has 0 aromatic rings. The number of halogens is 1. The quantitative estimate of drug-likeness (QED) is 0.497. The summed E-state index contributed by atoms with van der Waals surface area (Å²) in [6.07, 6.45) is 6.93. The summed E-state index contributed by atoms with van der Waals surface area (Å²) >= 11 is 3.58. The van der Waals surface area contributed by atoms with Crippen molar-refractivity contribution >= 4 is 15.9 Å². The predicted molar refractivity (Wildman–Crippen MR) is 46.3 cm³/mol. The lowest BCUT2D eigenvalue weighted by Crippen LogP contribution is -2.25. The molecule has 1 aliphatic rings. The molecule has 1 saturated carbocycles. The molecule has 1 aliphatic carbocycles. The highest BCUT2D eigenvalue weighted by molar-refractivity contribution is 9.09. The molecule has 1 nitrogen and oxygen atoms in total. The zero-order valence-electron chi connectivity index (χ0n) is 6.05. The van der Waals surface area contributed by atoms with Crippen LogP contribution in [-0.2, 0) is 4.74 Å². The van der Waals surface area contributed by atoms with E-state index in [1.165, 1.54) is 25.7 Å². The Balaban J connectivity index is 2.32. The van der Waals surface area contributed by atoms with Crippen LogP contribution in [-0.4, -0.2) is 10.9 Å². The lowest BCUT2D eigenvalue weighted by molar-refractivity contribution is 0.115. The summed E-state index contributed by atoms with van der Waals surface area (Å²) in [7, 11) is 0. The van der Waals surface area contributed by atoms with Crippen molar-refractivity contribution in [2.24, 2.45) is 0 Å². The number of alkyl halides is 1. The number of rotatable bonds is 2. The lowest BCUT2D eigenvalue weighted by atomic mass is 9.98. The van der Waals surface area contributed by atoms with Crippen molar-refractivity contribution in [1.29, 1.82) is 0 Å². The minimum atomic E-state index is 0.367. The van der Waals surface area contributed by atoms with Crippen molar-refractivity contribution in [3.05, 3.63) is 12.8 Å². The van der Waals surface area contributed by atoms with Crippen molar-refractivity contribution < 1.29 is 4.74 Å². The van der Waals surface area contributed by atoms with Gasteiger partial charge in [0.25, 0.3) is 0 Å². The van der Waals surface area contributed by atoms with E-state index in [4.69, 9.17) is 4.74 Å². The summed E-state index contributed by atoms with van der Waals surface area (Å²) < 4.78 is 5.31. The van der Waals surface area contributed by atoms with E-state index in [-0.39, 0.29) is 0 Å². The summed E-state index contributed by atoms with van der Waals surface area (Å²) in [5.41, 5.74) is 0. The molecule has 0 aliphatic heterocycles. The third-order valence-electron chi connectivity index (χ3n) is 1.89. The van der Waals surface area contributed by atoms with Gasteiger partial charge in [-0.3, -0.25) is 0 Å². The first kappa shape index (κ1) is 8.12. The molecule has 0 spiro atoms. The van der Waals surface area contributed by atoms with Crippen LogP contribution in [0.1, 0.15) is 25.7 Å². The molecule has 0 bridgehead atoms. The van der Waals surface area contributed by atoms with E-state index >= 15 is 0 Å². The summed E-state index contributed by atoms with van der Waals surface area (Å²) in [6, 6.07) is 0. The van der Waals surface area contributed by atoms with Crippen molar-refractivity contribution in [2.75, 3.05) is 0 Å². The Kier molecular flexibility index (Phi) is 3.26. The fraction of sp³-hybridized carbons (Fsp3) is 0.750. The van der Waals surface area contributed by atoms with Gasteiger partial charge in [-0.2, -0.15) is 0 Å². The normalized spacial score (nSPS) is 33.3. The molecule has 2 heteroatoms. The van der Waals surface area contributed by atoms with Crippen LogP contribution in [0.4, 0.5) is 0 Å². The van der Waals surface area contributed by atoms with Crippen molar-refractivity contribution in [3.8, 4) is 0 Å². The van der Waals surface area contributed by atoms with Crippen LogP contribution in [0.3, 0.4) is 0 Å². The number of hydrogen-bond acceptors (Lipinski definition) is 1. The average molecular weight is 205 g/mol. The van der Waals surface area contributed by atoms with Crippen LogP contribution in [0.2, 0.25) is 0 Å². The standard InChI is InChI=1S/C8H13BrO/c1-2-10-8-6-4-3-5-7(8)9/h2,7-8H,1,3-6H2. The van der Waals surface area contributed by atoms with Crippen molar-refractivity contribution in [2.45, 2.75) is 36.6 Å². The molecule has 10 heavy (non-hydrogen) atoms. The molecule has 1 rings (SSSR count). The second-order valence-electron chi connectivity index (χ2n) is 2.64. The first-order valence-corrected chi connectivity index (χ1v) is 4.66. The van der Waals surface area contributed by atoms with Gasteiger partial charge in [-0.05, 0) is 19.3 Å². The topological polar surface area (TPSA) is 9.23 Å². The largest absolute Gasteiger partial charge is 0.497 e. The molecule has 2 atom stereocenters. The Morgan fingerprint density at radius 2 is 2.10 bits per heavy atom. The Morgan fingerprint density at radius 3 is 2.70 bits per heavy atom. The summed E-state index contributed by atoms with van der Waals surface area (Å²) in [4.78, 5) is 0.541. The molecule has 1 fully saturated rings. The Labute approximate surface area is 70.6 Å². The molecule has 0 amide bonds. The Bertz CT molecular complexity index is 114. The van der Waals surface area contributed by atoms with Crippen LogP contribution in [0.5, 0.6) is 0 Å². The minimum absolute atomic E-state index is 0.367. The number of hydrogen-bond donors (Lipinski definition) is 0. The maximum atomic E-state index is 5.31. The van der Waals surface area contributed by atoms with Crippen molar-refractivity contribution in [1.82, 2.24) is 0 Å². The van der Waals surface area contributed by atoms with Gasteiger partial charge in [0, 0.05) is 0 Å². The Hall–Kier alpha value is 0.0200. The molecule has 0 radical (unpaired) electrons. The highest BCUT2D eigenvalue weighted by Crippen LogP contribution is 2.26. The van der Waals surface area contributed by atoms with E-state index < -0.39 is 0 Å². The zero-order chi connectivity index (χ0) is 7.40. The molecule has 0 heterocycles. The van der Waals surface area contributed by atoms with Crippen LogP contribution >= 0.6 is 15.9 Å². The maximum absolute atomic E-state index is 5.31. The third kappa shape index (κ3) is 2.01. The van der Waals surface area contributed by atoms with E-state index in [9.17, 15) is 0 Å². The van der Waals surface area contributed by atoms with E-state index in [1.54, 1.807) is 6.26 Å². The van der Waals surface area contributed by atoms with Crippen LogP contribution in [0, 0.1) is 0 Å². The molecule has 2 unspecified atom stereocenters. The van der Waals surface area contributed by atoms with Crippen LogP contribution in [0.25, 0.3) is 0 Å². The summed E-state index contributed by atoms with van der Waals surface area (Å²) in [5, 5.41) is 0. The van der Waals surface area contributed by atoms with E-state index in [0.29, 0.717) is 10.9 Å². The number of ether oxygens (including phenoxy) is 1. The predicted octanol–water partition coefficient (Wildman–Crippen LogP) is 2.85. The molecule has 0 N–H and O–H groups in total. The molecular weight excluding hydrogens is 192 g/mol. The van der Waals surface area contributed by atoms with E-state index in [0.717, 1.165) is 0 Å². The monoisotopic (exact) mass is 204 g/mol. The highest BCUT2D eigenvalue weighted by atomic mass is 79.9. The lowest BCUT2D eigenvalue weighted by Gasteiger charge is -2.26. The SMILES string of the molecule is C=COC1CCCCC1Br. The molecule has 0 saturated heterocycles. The second kappa shape index (κ2) is 4.02. The van der Waals surface area contributed by atoms with Gasteiger partial charge >= 0.3 is 0 Å². The van der Waals surface area contributed by atoms with Gasteiger partial charge in [-0.25, -0.2) is 0 Å². The fourth-order valence-corrected chi connectivity index (χ4v) is 2.04. The highest BCUT2D eigenvalue weighted by Gasteiger charge is 2.22. The second-order valence-corrected chi connectivity index (χ2v) is 3.82. The first-order valence-electron chi connectivity index (χ1n) is 3.75. The first-order chi connectivity index (χ1) is 4.84. The minimum Gasteiger partial charge on any atom is -0.497 e. The molecule has 0 aromatic carbocycles. The van der Waals surface area contributed by atoms with Crippen LogP contribution in [0.15, 0.2) is 12.8 Å². The van der Waals surface area contributed by atoms with Gasteiger partial charge in [0.1, 0.15) is 6.10 Å². The van der Waals surface area contributed by atoms with Crippen LogP contribution < -0.4 is 0 Å². The summed E-state index contributed by atoms with van der Waals surface area (Å²) in [5.74, 6) is 0. The molecule has 0 aromatic heterocycles. The maximum Gasteiger partial charge on any atom is 0.110 e. The van der Waals surface area contributed by atoms with Gasteiger partial charge in [-0.1, -0.05) is 28.9 Å². The van der Waals surface area contributed by atoms with E-state index in [1.807, 2.05) is 0 Å². The van der Waals surface area contributed by atoms with Gasteiger partial charge in [0.2, 0.25) is 0 Å². The average Bonchev–Trinajstić information content (AvgIpc) is 1.94. The Morgan fingerprint density at radius 1 is 1.40 bits per heavy atom. The van der Waals surface area contributed by atoms with Gasteiger partial charge in [0.15, 0.2) is 0 Å². The fourth-order valence-electron chi connectivity index (χ4n) is 1.33. The zero-order valence-corrected chi connectivity index (χ0v) is 7.64. The summed E-state index contributed by atoms with van der Waals surface area (Å²) in [6.45, 7) is 3.55. The van der Waals surface area contributed by atoms with Crippen molar-refractivity contribution in [3.63, 3.8) is 0 Å². The van der Waals surface area contributed by atoms with Gasteiger partial charge in [-0.15, -0.1) is 0 Å². The van der Waals surface area contributed by atoms with E-state index in [2.05, 4.69) is 22.5 Å².